The molecule has 0 saturated carbocycles. The van der Waals surface area contributed by atoms with Crippen LogP contribution in [0.1, 0.15) is 43.5 Å². The Balaban J connectivity index is 1.99. The van der Waals surface area contributed by atoms with Gasteiger partial charge >= 0.3 is 0 Å². The summed E-state index contributed by atoms with van der Waals surface area (Å²) in [6.45, 7) is 5.96. The predicted octanol–water partition coefficient (Wildman–Crippen LogP) is 1.65. The van der Waals surface area contributed by atoms with Gasteiger partial charge in [-0.25, -0.2) is 4.98 Å². The van der Waals surface area contributed by atoms with Crippen LogP contribution in [0.3, 0.4) is 0 Å². The van der Waals surface area contributed by atoms with Gasteiger partial charge in [-0.3, -0.25) is 9.59 Å². The maximum absolute atomic E-state index is 12.4. The van der Waals surface area contributed by atoms with Crippen molar-refractivity contribution in [2.75, 3.05) is 19.6 Å². The second-order valence-electron chi connectivity index (χ2n) is 6.17. The topological polar surface area (TPSA) is 88.3 Å². The highest BCUT2D eigenvalue weighted by atomic mass is 32.2. The number of carbonyl (C=O) groups excluding carboxylic acids is 2. The zero-order chi connectivity index (χ0) is 17.5. The van der Waals surface area contributed by atoms with E-state index in [9.17, 15) is 9.59 Å². The molecular weight excluding hydrogens is 324 g/mol. The van der Waals surface area contributed by atoms with Crippen LogP contribution in [0.4, 0.5) is 0 Å². The summed E-state index contributed by atoms with van der Waals surface area (Å²) < 4.78 is 0. The van der Waals surface area contributed by atoms with Gasteiger partial charge in [-0.15, -0.1) is 0 Å². The molecule has 0 radical (unpaired) electrons. The number of pyridine rings is 1. The number of likely N-dealkylation sites (tertiary alicyclic amines) is 1. The molecule has 24 heavy (non-hydrogen) atoms. The van der Waals surface area contributed by atoms with E-state index < -0.39 is 0 Å². The summed E-state index contributed by atoms with van der Waals surface area (Å²) in [6, 6.07) is 3.52. The van der Waals surface area contributed by atoms with E-state index in [-0.39, 0.29) is 23.1 Å². The van der Waals surface area contributed by atoms with E-state index in [4.69, 9.17) is 5.73 Å². The molecule has 0 spiro atoms. The van der Waals surface area contributed by atoms with Crippen LogP contribution in [0.5, 0.6) is 0 Å². The molecule has 0 bridgehead atoms. The van der Waals surface area contributed by atoms with Crippen LogP contribution in [-0.4, -0.2) is 52.6 Å². The number of rotatable bonds is 7. The molecule has 1 fully saturated rings. The van der Waals surface area contributed by atoms with Crippen molar-refractivity contribution in [1.82, 2.24) is 15.2 Å². The van der Waals surface area contributed by atoms with Gasteiger partial charge in [0.05, 0.1) is 10.8 Å². The van der Waals surface area contributed by atoms with Crippen LogP contribution in [0, 0.1) is 0 Å². The predicted molar refractivity (Wildman–Crippen MR) is 96.0 cm³/mol. The van der Waals surface area contributed by atoms with Crippen molar-refractivity contribution in [3.8, 4) is 0 Å². The molecule has 1 aliphatic rings. The molecule has 1 aromatic heterocycles. The monoisotopic (exact) mass is 350 g/mol. The first kappa shape index (κ1) is 18.7. The largest absolute Gasteiger partial charge is 0.352 e. The highest BCUT2D eigenvalue weighted by Gasteiger charge is 2.25. The van der Waals surface area contributed by atoms with Crippen molar-refractivity contribution >= 4 is 23.6 Å². The molecule has 2 rings (SSSR count). The average molecular weight is 350 g/mol. The molecule has 2 heterocycles. The zero-order valence-electron chi connectivity index (χ0n) is 14.3. The molecule has 1 saturated heterocycles. The first-order valence-corrected chi connectivity index (χ1v) is 9.31. The van der Waals surface area contributed by atoms with Gasteiger partial charge < -0.3 is 16.0 Å². The van der Waals surface area contributed by atoms with Crippen LogP contribution in [0.15, 0.2) is 23.4 Å². The summed E-state index contributed by atoms with van der Waals surface area (Å²) in [5, 5.41) is 3.20. The highest BCUT2D eigenvalue weighted by molar-refractivity contribution is 8.00. The number of nitrogens with one attached hydrogen (secondary N) is 1. The number of thioether (sulfide) groups is 1. The molecule has 1 aliphatic heterocycles. The van der Waals surface area contributed by atoms with Gasteiger partial charge in [0.25, 0.3) is 5.91 Å². The van der Waals surface area contributed by atoms with Crippen LogP contribution < -0.4 is 11.1 Å². The lowest BCUT2D eigenvalue weighted by Gasteiger charge is -2.20. The Morgan fingerprint density at radius 2 is 2.08 bits per heavy atom. The Morgan fingerprint density at radius 1 is 1.38 bits per heavy atom. The summed E-state index contributed by atoms with van der Waals surface area (Å²) in [5.74, 6) is -0.0569. The normalized spacial score (nSPS) is 16.7. The Bertz CT molecular complexity index is 573. The van der Waals surface area contributed by atoms with Crippen LogP contribution >= 0.6 is 11.8 Å². The van der Waals surface area contributed by atoms with Gasteiger partial charge in [0.1, 0.15) is 5.03 Å². The Hall–Kier alpha value is -1.60. The first-order valence-electron chi connectivity index (χ1n) is 8.43. The molecule has 3 N–H and O–H groups in total. The Kier molecular flexibility index (Phi) is 7.05. The lowest BCUT2D eigenvalue weighted by molar-refractivity contribution is -0.129. The van der Waals surface area contributed by atoms with Gasteiger partial charge in [0.2, 0.25) is 5.91 Å². The fourth-order valence-electron chi connectivity index (χ4n) is 2.58. The highest BCUT2D eigenvalue weighted by Crippen LogP contribution is 2.26. The fraction of sp³-hybridized carbons (Fsp3) is 0.588. The Morgan fingerprint density at radius 3 is 2.75 bits per heavy atom. The molecule has 2 atom stereocenters. The molecule has 6 nitrogen and oxygen atoms in total. The third-order valence-corrected chi connectivity index (χ3v) is 5.06. The van der Waals surface area contributed by atoms with E-state index in [2.05, 4.69) is 10.3 Å². The first-order chi connectivity index (χ1) is 11.5. The van der Waals surface area contributed by atoms with Crippen molar-refractivity contribution < 1.29 is 9.59 Å². The summed E-state index contributed by atoms with van der Waals surface area (Å²) >= 11 is 1.35. The van der Waals surface area contributed by atoms with E-state index >= 15 is 0 Å². The molecule has 0 aromatic carbocycles. The molecule has 1 aromatic rings. The van der Waals surface area contributed by atoms with Gasteiger partial charge in [0.15, 0.2) is 0 Å². The molecule has 2 unspecified atom stereocenters. The second-order valence-corrected chi connectivity index (χ2v) is 7.50. The maximum Gasteiger partial charge on any atom is 0.254 e. The van der Waals surface area contributed by atoms with Crippen molar-refractivity contribution in [2.45, 2.75) is 49.4 Å². The number of hydrogen-bond acceptors (Lipinski definition) is 5. The van der Waals surface area contributed by atoms with Crippen LogP contribution in [0.2, 0.25) is 0 Å². The smallest absolute Gasteiger partial charge is 0.254 e. The third-order valence-electron chi connectivity index (χ3n) is 3.95. The Labute approximate surface area is 147 Å². The quantitative estimate of drug-likeness (QED) is 0.730. The summed E-state index contributed by atoms with van der Waals surface area (Å²) in [4.78, 5) is 31.0. The van der Waals surface area contributed by atoms with Gasteiger partial charge in [-0.1, -0.05) is 11.8 Å². The number of nitrogens with two attached hydrogens (primary N) is 1. The van der Waals surface area contributed by atoms with E-state index in [1.807, 2.05) is 18.7 Å². The average Bonchev–Trinajstić information content (AvgIpc) is 3.08. The number of aromatic nitrogens is 1. The SMILES string of the molecule is CC(N)CCNC(=O)c1cccnc1SC(C)C(=O)N1CCCC1. The van der Waals surface area contributed by atoms with Crippen molar-refractivity contribution in [3.63, 3.8) is 0 Å². The molecule has 2 amide bonds. The molecule has 132 valence electrons. The lowest BCUT2D eigenvalue weighted by atomic mass is 10.2. The van der Waals surface area contributed by atoms with Crippen molar-refractivity contribution in [3.05, 3.63) is 23.9 Å². The number of nitrogens with zero attached hydrogens (tertiary/aromatic N) is 2. The van der Waals surface area contributed by atoms with Gasteiger partial charge in [-0.2, -0.15) is 0 Å². The minimum atomic E-state index is -0.256. The van der Waals surface area contributed by atoms with E-state index in [1.54, 1.807) is 18.3 Å². The number of carbonyl (C=O) groups is 2. The minimum absolute atomic E-state index is 0.0474. The van der Waals surface area contributed by atoms with Gasteiger partial charge in [0, 0.05) is 31.9 Å². The van der Waals surface area contributed by atoms with Crippen LogP contribution in [0.25, 0.3) is 0 Å². The lowest BCUT2D eigenvalue weighted by Crippen LogP contribution is -2.34. The standard InChI is InChI=1S/C17H26N4O2S/c1-12(18)7-9-19-15(22)14-6-5-8-20-16(14)24-13(2)17(23)21-10-3-4-11-21/h5-6,8,12-13H,3-4,7,9-11,18H2,1-2H3,(H,19,22). The fourth-order valence-corrected chi connectivity index (χ4v) is 3.57. The second kappa shape index (κ2) is 9.03. The van der Waals surface area contributed by atoms with E-state index in [1.165, 1.54) is 11.8 Å². The molecule has 7 heteroatoms. The van der Waals surface area contributed by atoms with E-state index in [0.717, 1.165) is 32.4 Å². The van der Waals surface area contributed by atoms with Crippen molar-refractivity contribution in [1.29, 1.82) is 0 Å². The maximum atomic E-state index is 12.4. The van der Waals surface area contributed by atoms with Crippen LogP contribution in [-0.2, 0) is 4.79 Å². The van der Waals surface area contributed by atoms with E-state index in [0.29, 0.717) is 17.1 Å². The molecular formula is C17H26N4O2S. The van der Waals surface area contributed by atoms with Crippen molar-refractivity contribution in [2.24, 2.45) is 5.73 Å². The minimum Gasteiger partial charge on any atom is -0.352 e. The zero-order valence-corrected chi connectivity index (χ0v) is 15.1. The molecule has 0 aliphatic carbocycles. The summed E-state index contributed by atoms with van der Waals surface area (Å²) in [7, 11) is 0. The van der Waals surface area contributed by atoms with Gasteiger partial charge in [-0.05, 0) is 45.2 Å². The summed E-state index contributed by atoms with van der Waals surface area (Å²) in [6.07, 6.45) is 4.51. The summed E-state index contributed by atoms with van der Waals surface area (Å²) in [5.41, 5.74) is 6.20. The third kappa shape index (κ3) is 5.21. The number of amides is 2. The number of hydrogen-bond donors (Lipinski definition) is 2.